The van der Waals surface area contributed by atoms with Crippen molar-refractivity contribution in [3.8, 4) is 0 Å². The van der Waals surface area contributed by atoms with Gasteiger partial charge in [-0.3, -0.25) is 18.8 Å². The molecular formula is C20H20ClN7O2. The van der Waals surface area contributed by atoms with E-state index in [4.69, 9.17) is 11.6 Å². The number of rotatable bonds is 6. The van der Waals surface area contributed by atoms with E-state index in [0.717, 1.165) is 5.56 Å². The van der Waals surface area contributed by atoms with E-state index < -0.39 is 6.04 Å². The zero-order valence-corrected chi connectivity index (χ0v) is 17.2. The van der Waals surface area contributed by atoms with Crippen LogP contribution in [0.5, 0.6) is 0 Å². The van der Waals surface area contributed by atoms with Crippen LogP contribution >= 0.6 is 11.6 Å². The highest BCUT2D eigenvalue weighted by Crippen LogP contribution is 2.22. The molecule has 1 N–H and O–H groups in total. The molecule has 4 rings (SSSR count). The summed E-state index contributed by atoms with van der Waals surface area (Å²) in [5, 5.41) is 8.10. The fourth-order valence-electron chi connectivity index (χ4n) is 3.29. The first-order valence-corrected chi connectivity index (χ1v) is 9.71. The Morgan fingerprint density at radius 1 is 1.20 bits per heavy atom. The normalized spacial score (nSPS) is 12.2. The van der Waals surface area contributed by atoms with Crippen molar-refractivity contribution < 1.29 is 4.79 Å². The number of benzene rings is 1. The van der Waals surface area contributed by atoms with Gasteiger partial charge in [-0.1, -0.05) is 23.7 Å². The van der Waals surface area contributed by atoms with Crippen molar-refractivity contribution in [3.63, 3.8) is 0 Å². The van der Waals surface area contributed by atoms with E-state index in [1.54, 1.807) is 25.4 Å². The van der Waals surface area contributed by atoms with Crippen LogP contribution in [-0.2, 0) is 25.4 Å². The van der Waals surface area contributed by atoms with Crippen molar-refractivity contribution in [2.75, 3.05) is 0 Å². The SMILES string of the molecule is Cn1ccnc1[C@H](NC(=O)CCn1cnc2c(cnn2C)c1=O)c1ccc(Cl)cc1. The number of nitrogens with one attached hydrogen (secondary N) is 1. The molecule has 0 bridgehead atoms. The molecule has 0 spiro atoms. The Morgan fingerprint density at radius 3 is 2.67 bits per heavy atom. The predicted molar refractivity (Wildman–Crippen MR) is 112 cm³/mol. The van der Waals surface area contributed by atoms with Gasteiger partial charge in [0, 0.05) is 44.5 Å². The zero-order chi connectivity index (χ0) is 21.3. The molecular weight excluding hydrogens is 406 g/mol. The molecule has 0 saturated carbocycles. The van der Waals surface area contributed by atoms with Crippen LogP contribution < -0.4 is 10.9 Å². The van der Waals surface area contributed by atoms with Crippen LogP contribution in [0.15, 0.2) is 54.0 Å². The Bertz CT molecular complexity index is 1260. The van der Waals surface area contributed by atoms with Crippen LogP contribution in [0.2, 0.25) is 5.02 Å². The van der Waals surface area contributed by atoms with Gasteiger partial charge in [0.15, 0.2) is 5.65 Å². The zero-order valence-electron chi connectivity index (χ0n) is 16.5. The summed E-state index contributed by atoms with van der Waals surface area (Å²) in [7, 11) is 3.59. The molecule has 3 heterocycles. The first-order chi connectivity index (χ1) is 14.4. The average molecular weight is 426 g/mol. The molecule has 0 unspecified atom stereocenters. The maximum atomic E-state index is 12.7. The van der Waals surface area contributed by atoms with E-state index in [2.05, 4.69) is 20.4 Å². The smallest absolute Gasteiger partial charge is 0.264 e. The first kappa shape index (κ1) is 19.8. The first-order valence-electron chi connectivity index (χ1n) is 9.33. The molecule has 154 valence electrons. The van der Waals surface area contributed by atoms with Crippen LogP contribution in [0.4, 0.5) is 0 Å². The van der Waals surface area contributed by atoms with Crippen LogP contribution in [0.25, 0.3) is 11.0 Å². The van der Waals surface area contributed by atoms with Crippen molar-refractivity contribution in [2.24, 2.45) is 14.1 Å². The molecule has 10 heteroatoms. The fourth-order valence-corrected chi connectivity index (χ4v) is 3.41. The molecule has 0 aliphatic rings. The summed E-state index contributed by atoms with van der Waals surface area (Å²) in [6, 6.07) is 6.81. The van der Waals surface area contributed by atoms with Crippen molar-refractivity contribution in [1.29, 1.82) is 0 Å². The summed E-state index contributed by atoms with van der Waals surface area (Å²) >= 11 is 6.00. The highest BCUT2D eigenvalue weighted by molar-refractivity contribution is 6.30. The van der Waals surface area contributed by atoms with Gasteiger partial charge in [0.1, 0.15) is 17.3 Å². The number of aryl methyl sites for hydroxylation is 3. The summed E-state index contributed by atoms with van der Waals surface area (Å²) < 4.78 is 4.81. The van der Waals surface area contributed by atoms with Crippen LogP contribution in [0.1, 0.15) is 23.9 Å². The molecule has 1 amide bonds. The Labute approximate surface area is 176 Å². The largest absolute Gasteiger partial charge is 0.342 e. The van der Waals surface area contributed by atoms with Gasteiger partial charge in [0.25, 0.3) is 5.56 Å². The number of carbonyl (C=O) groups excluding carboxylic acids is 1. The maximum Gasteiger partial charge on any atom is 0.264 e. The van der Waals surface area contributed by atoms with Gasteiger partial charge in [-0.2, -0.15) is 5.10 Å². The minimum absolute atomic E-state index is 0.113. The third kappa shape index (κ3) is 3.84. The quantitative estimate of drug-likeness (QED) is 0.508. The number of halogens is 1. The lowest BCUT2D eigenvalue weighted by Gasteiger charge is -2.19. The van der Waals surface area contributed by atoms with Crippen molar-refractivity contribution in [2.45, 2.75) is 19.0 Å². The van der Waals surface area contributed by atoms with Gasteiger partial charge in [-0.15, -0.1) is 0 Å². The Kier molecular flexibility index (Phi) is 5.37. The van der Waals surface area contributed by atoms with Gasteiger partial charge >= 0.3 is 0 Å². The lowest BCUT2D eigenvalue weighted by Crippen LogP contribution is -2.32. The van der Waals surface area contributed by atoms with E-state index in [9.17, 15) is 9.59 Å². The van der Waals surface area contributed by atoms with Crippen molar-refractivity contribution >= 4 is 28.5 Å². The summed E-state index contributed by atoms with van der Waals surface area (Å²) in [6.45, 7) is 0.205. The molecule has 0 aliphatic heterocycles. The highest BCUT2D eigenvalue weighted by Gasteiger charge is 2.21. The molecule has 3 aromatic heterocycles. The molecule has 0 aliphatic carbocycles. The maximum absolute atomic E-state index is 12.7. The number of fused-ring (bicyclic) bond motifs is 1. The second-order valence-electron chi connectivity index (χ2n) is 6.95. The van der Waals surface area contributed by atoms with E-state index in [1.807, 2.05) is 29.9 Å². The van der Waals surface area contributed by atoms with E-state index in [-0.39, 0.29) is 24.4 Å². The molecule has 30 heavy (non-hydrogen) atoms. The number of hydrogen-bond donors (Lipinski definition) is 1. The molecule has 4 aromatic rings. The number of aromatic nitrogens is 6. The summed E-state index contributed by atoms with van der Waals surface area (Å²) in [5.74, 6) is 0.484. The average Bonchev–Trinajstić information content (AvgIpc) is 3.32. The van der Waals surface area contributed by atoms with Gasteiger partial charge in [0.05, 0.1) is 12.5 Å². The lowest BCUT2D eigenvalue weighted by atomic mass is 10.1. The molecule has 1 atom stereocenters. The lowest BCUT2D eigenvalue weighted by molar-refractivity contribution is -0.121. The number of nitrogens with zero attached hydrogens (tertiary/aromatic N) is 6. The van der Waals surface area contributed by atoms with E-state index in [1.165, 1.54) is 21.8 Å². The molecule has 9 nitrogen and oxygen atoms in total. The third-order valence-corrected chi connectivity index (χ3v) is 5.18. The van der Waals surface area contributed by atoms with E-state index in [0.29, 0.717) is 21.9 Å². The molecule has 1 aromatic carbocycles. The minimum atomic E-state index is -0.439. The highest BCUT2D eigenvalue weighted by atomic mass is 35.5. The predicted octanol–water partition coefficient (Wildman–Crippen LogP) is 1.81. The molecule has 0 saturated heterocycles. The van der Waals surface area contributed by atoms with Gasteiger partial charge in [0.2, 0.25) is 5.91 Å². The fraction of sp³-hybridized carbons (Fsp3) is 0.250. The van der Waals surface area contributed by atoms with Crippen LogP contribution in [0.3, 0.4) is 0 Å². The number of amides is 1. The number of hydrogen-bond acceptors (Lipinski definition) is 5. The number of imidazole rings is 1. The standard InChI is InChI=1S/C20H20ClN7O2/c1-26-10-8-22-19(26)17(13-3-5-14(21)6-4-13)25-16(29)7-9-28-12-23-18-15(20(28)30)11-24-27(18)2/h3-6,8,10-12,17H,7,9H2,1-2H3,(H,25,29)/t17-/m1/s1. The summed E-state index contributed by atoms with van der Waals surface area (Å²) in [4.78, 5) is 33.9. The van der Waals surface area contributed by atoms with E-state index >= 15 is 0 Å². The monoisotopic (exact) mass is 425 g/mol. The van der Waals surface area contributed by atoms with Gasteiger partial charge in [-0.05, 0) is 17.7 Å². The summed E-state index contributed by atoms with van der Waals surface area (Å²) in [6.07, 6.45) is 6.54. The Balaban J connectivity index is 1.52. The van der Waals surface area contributed by atoms with Crippen molar-refractivity contribution in [3.05, 3.63) is 75.9 Å². The van der Waals surface area contributed by atoms with Crippen LogP contribution in [-0.4, -0.2) is 34.8 Å². The third-order valence-electron chi connectivity index (χ3n) is 4.92. The molecule has 0 fully saturated rings. The second-order valence-corrected chi connectivity index (χ2v) is 7.38. The topological polar surface area (TPSA) is 99.6 Å². The second kappa shape index (κ2) is 8.11. The Hall–Kier alpha value is -3.46. The minimum Gasteiger partial charge on any atom is -0.342 e. The van der Waals surface area contributed by atoms with Gasteiger partial charge in [-0.25, -0.2) is 9.97 Å². The van der Waals surface area contributed by atoms with Crippen molar-refractivity contribution in [1.82, 2.24) is 34.2 Å². The van der Waals surface area contributed by atoms with Crippen LogP contribution in [0, 0.1) is 0 Å². The number of carbonyl (C=O) groups is 1. The summed E-state index contributed by atoms with van der Waals surface area (Å²) in [5.41, 5.74) is 1.15. The Morgan fingerprint density at radius 2 is 1.97 bits per heavy atom. The molecule has 0 radical (unpaired) electrons. The van der Waals surface area contributed by atoms with Gasteiger partial charge < -0.3 is 9.88 Å².